The average Bonchev–Trinajstić information content (AvgIpc) is 2.29. The third kappa shape index (κ3) is 3.61. The van der Waals surface area contributed by atoms with E-state index in [9.17, 15) is 8.42 Å². The molecule has 1 aromatic carbocycles. The van der Waals surface area contributed by atoms with E-state index in [0.29, 0.717) is 5.75 Å². The third-order valence-corrected chi connectivity index (χ3v) is 3.06. The summed E-state index contributed by atoms with van der Waals surface area (Å²) in [6, 6.07) is 7.12. The lowest BCUT2D eigenvalue weighted by molar-refractivity contribution is 0.493. The lowest BCUT2D eigenvalue weighted by Crippen LogP contribution is -2.43. The first-order valence-electron chi connectivity index (χ1n) is 5.50. The van der Waals surface area contributed by atoms with Crippen molar-refractivity contribution in [1.29, 1.82) is 0 Å². The minimum atomic E-state index is -3.44. The van der Waals surface area contributed by atoms with Gasteiger partial charge in [-0.05, 0) is 24.3 Å². The van der Waals surface area contributed by atoms with Crippen LogP contribution in [0, 0.1) is 0 Å². The van der Waals surface area contributed by atoms with Gasteiger partial charge in [0.15, 0.2) is 0 Å². The Morgan fingerprint density at radius 3 is 2.29 bits per heavy atom. The molecular formula is C11H16N2O3S. The lowest BCUT2D eigenvalue weighted by atomic mass is 10.2. The first kappa shape index (κ1) is 12.2. The van der Waals surface area contributed by atoms with Gasteiger partial charge in [0.25, 0.3) is 0 Å². The number of benzene rings is 1. The molecule has 94 valence electrons. The Kier molecular flexibility index (Phi) is 3.54. The van der Waals surface area contributed by atoms with Gasteiger partial charge in [0.05, 0.1) is 6.26 Å². The number of rotatable bonds is 3. The molecule has 0 bridgehead atoms. The number of piperazine rings is 1. The summed E-state index contributed by atoms with van der Waals surface area (Å²) in [7, 11) is -3.44. The maximum absolute atomic E-state index is 10.9. The van der Waals surface area contributed by atoms with E-state index in [2.05, 4.69) is 10.2 Å². The molecule has 1 heterocycles. The van der Waals surface area contributed by atoms with E-state index in [4.69, 9.17) is 4.18 Å². The number of hydrogen-bond donors (Lipinski definition) is 1. The monoisotopic (exact) mass is 256 g/mol. The van der Waals surface area contributed by atoms with Crippen molar-refractivity contribution in [2.45, 2.75) is 0 Å². The minimum absolute atomic E-state index is 0.353. The summed E-state index contributed by atoms with van der Waals surface area (Å²) in [6.45, 7) is 3.88. The van der Waals surface area contributed by atoms with Crippen LogP contribution in [-0.4, -0.2) is 40.9 Å². The van der Waals surface area contributed by atoms with Crippen molar-refractivity contribution in [3.63, 3.8) is 0 Å². The lowest BCUT2D eigenvalue weighted by Gasteiger charge is -2.29. The maximum Gasteiger partial charge on any atom is 0.306 e. The summed E-state index contributed by atoms with van der Waals surface area (Å²) in [6.07, 6.45) is 1.04. The summed E-state index contributed by atoms with van der Waals surface area (Å²) < 4.78 is 26.7. The Hall–Kier alpha value is -1.27. The van der Waals surface area contributed by atoms with Crippen molar-refractivity contribution >= 4 is 15.8 Å². The number of hydrogen-bond acceptors (Lipinski definition) is 5. The Balaban J connectivity index is 2.07. The second kappa shape index (κ2) is 4.93. The molecule has 0 aromatic heterocycles. The van der Waals surface area contributed by atoms with Crippen LogP contribution in [0.1, 0.15) is 0 Å². The molecule has 2 rings (SSSR count). The minimum Gasteiger partial charge on any atom is -0.383 e. The molecule has 0 spiro atoms. The summed E-state index contributed by atoms with van der Waals surface area (Å²) in [5.41, 5.74) is 1.09. The second-order valence-corrected chi connectivity index (χ2v) is 5.59. The summed E-state index contributed by atoms with van der Waals surface area (Å²) in [4.78, 5) is 2.25. The van der Waals surface area contributed by atoms with Crippen LogP contribution in [0.3, 0.4) is 0 Å². The van der Waals surface area contributed by atoms with Crippen molar-refractivity contribution in [1.82, 2.24) is 5.32 Å². The molecule has 1 aliphatic heterocycles. The van der Waals surface area contributed by atoms with Crippen LogP contribution in [0.25, 0.3) is 0 Å². The molecule has 0 atom stereocenters. The standard InChI is InChI=1S/C11H16N2O3S/c1-17(14,15)16-11-4-2-10(3-5-11)13-8-6-12-7-9-13/h2-5,12H,6-9H2,1H3. The zero-order chi connectivity index (χ0) is 12.3. The maximum atomic E-state index is 10.9. The van der Waals surface area contributed by atoms with Crippen molar-refractivity contribution in [3.05, 3.63) is 24.3 Å². The van der Waals surface area contributed by atoms with E-state index in [1.165, 1.54) is 0 Å². The normalized spacial score (nSPS) is 16.9. The van der Waals surface area contributed by atoms with E-state index < -0.39 is 10.1 Å². The zero-order valence-corrected chi connectivity index (χ0v) is 10.5. The summed E-state index contributed by atoms with van der Waals surface area (Å²) in [5, 5.41) is 3.28. The molecule has 0 saturated carbocycles. The first-order valence-corrected chi connectivity index (χ1v) is 7.31. The molecule has 1 N–H and O–H groups in total. The topological polar surface area (TPSA) is 58.6 Å². The van der Waals surface area contributed by atoms with Gasteiger partial charge in [-0.3, -0.25) is 0 Å². The molecule has 0 aliphatic carbocycles. The van der Waals surface area contributed by atoms with Crippen LogP contribution in [0.15, 0.2) is 24.3 Å². The second-order valence-electron chi connectivity index (χ2n) is 4.02. The average molecular weight is 256 g/mol. The van der Waals surface area contributed by atoms with E-state index in [0.717, 1.165) is 38.1 Å². The highest BCUT2D eigenvalue weighted by Crippen LogP contribution is 2.20. The molecule has 17 heavy (non-hydrogen) atoms. The van der Waals surface area contributed by atoms with Crippen LogP contribution >= 0.6 is 0 Å². The Labute approximate surface area is 102 Å². The Morgan fingerprint density at radius 1 is 1.18 bits per heavy atom. The van der Waals surface area contributed by atoms with Crippen molar-refractivity contribution in [2.75, 3.05) is 37.3 Å². The van der Waals surface area contributed by atoms with Crippen LogP contribution in [0.2, 0.25) is 0 Å². The fourth-order valence-electron chi connectivity index (χ4n) is 1.81. The highest BCUT2D eigenvalue weighted by Gasteiger charge is 2.10. The zero-order valence-electron chi connectivity index (χ0n) is 9.72. The Bertz CT molecular complexity index is 464. The molecular weight excluding hydrogens is 240 g/mol. The van der Waals surface area contributed by atoms with Crippen LogP contribution in [0.5, 0.6) is 5.75 Å². The molecule has 1 fully saturated rings. The van der Waals surface area contributed by atoms with E-state index >= 15 is 0 Å². The fourth-order valence-corrected chi connectivity index (χ4v) is 2.27. The van der Waals surface area contributed by atoms with Gasteiger partial charge in [0.2, 0.25) is 0 Å². The quantitative estimate of drug-likeness (QED) is 0.795. The highest BCUT2D eigenvalue weighted by molar-refractivity contribution is 7.86. The van der Waals surface area contributed by atoms with E-state index in [1.54, 1.807) is 12.1 Å². The van der Waals surface area contributed by atoms with Crippen molar-refractivity contribution in [3.8, 4) is 5.75 Å². The summed E-state index contributed by atoms with van der Waals surface area (Å²) >= 11 is 0. The Morgan fingerprint density at radius 2 is 1.76 bits per heavy atom. The van der Waals surface area contributed by atoms with E-state index in [1.807, 2.05) is 12.1 Å². The van der Waals surface area contributed by atoms with Gasteiger partial charge in [-0.15, -0.1) is 0 Å². The first-order chi connectivity index (χ1) is 8.04. The van der Waals surface area contributed by atoms with Gasteiger partial charge >= 0.3 is 10.1 Å². The van der Waals surface area contributed by atoms with Gasteiger partial charge in [-0.1, -0.05) is 0 Å². The smallest absolute Gasteiger partial charge is 0.306 e. The SMILES string of the molecule is CS(=O)(=O)Oc1ccc(N2CCNCC2)cc1. The molecule has 0 radical (unpaired) electrons. The van der Waals surface area contributed by atoms with Gasteiger partial charge in [-0.25, -0.2) is 0 Å². The molecule has 1 saturated heterocycles. The number of anilines is 1. The molecule has 6 heteroatoms. The highest BCUT2D eigenvalue weighted by atomic mass is 32.2. The van der Waals surface area contributed by atoms with Gasteiger partial charge in [-0.2, -0.15) is 8.42 Å². The molecule has 0 unspecified atom stereocenters. The van der Waals surface area contributed by atoms with Crippen LogP contribution in [-0.2, 0) is 10.1 Å². The van der Waals surface area contributed by atoms with Gasteiger partial charge in [0.1, 0.15) is 5.75 Å². The molecule has 5 nitrogen and oxygen atoms in total. The third-order valence-electron chi connectivity index (χ3n) is 2.57. The molecule has 1 aromatic rings. The predicted molar refractivity (Wildman–Crippen MR) is 67.0 cm³/mol. The number of nitrogens with zero attached hydrogens (tertiary/aromatic N) is 1. The molecule has 1 aliphatic rings. The van der Waals surface area contributed by atoms with Crippen LogP contribution < -0.4 is 14.4 Å². The van der Waals surface area contributed by atoms with Gasteiger partial charge < -0.3 is 14.4 Å². The van der Waals surface area contributed by atoms with Crippen molar-refractivity contribution in [2.24, 2.45) is 0 Å². The fraction of sp³-hybridized carbons (Fsp3) is 0.455. The summed E-state index contributed by atoms with van der Waals surface area (Å²) in [5.74, 6) is 0.353. The van der Waals surface area contributed by atoms with Gasteiger partial charge in [0, 0.05) is 31.9 Å². The number of nitrogens with one attached hydrogen (secondary N) is 1. The van der Waals surface area contributed by atoms with E-state index in [-0.39, 0.29) is 0 Å². The molecule has 0 amide bonds. The van der Waals surface area contributed by atoms with Crippen LogP contribution in [0.4, 0.5) is 5.69 Å². The van der Waals surface area contributed by atoms with Crippen molar-refractivity contribution < 1.29 is 12.6 Å². The predicted octanol–water partition coefficient (Wildman–Crippen LogP) is 0.435. The largest absolute Gasteiger partial charge is 0.383 e.